The molecule has 0 heterocycles. The molecule has 0 aliphatic heterocycles. The molecule has 7 nitrogen and oxygen atoms in total. The van der Waals surface area contributed by atoms with Crippen LogP contribution in [-0.4, -0.2) is 43.4 Å². The summed E-state index contributed by atoms with van der Waals surface area (Å²) in [5.41, 5.74) is 0.555. The first-order valence-corrected chi connectivity index (χ1v) is 5.67. The quantitative estimate of drug-likeness (QED) is 0.581. The van der Waals surface area contributed by atoms with E-state index in [1.807, 2.05) is 6.07 Å². The lowest BCUT2D eigenvalue weighted by Gasteiger charge is -2.23. The van der Waals surface area contributed by atoms with Gasteiger partial charge in [-0.1, -0.05) is 0 Å². The molecule has 0 aromatic heterocycles. The molecule has 0 fully saturated rings. The Morgan fingerprint density at radius 2 is 2.26 bits per heavy atom. The van der Waals surface area contributed by atoms with Gasteiger partial charge in [-0.25, -0.2) is 0 Å². The van der Waals surface area contributed by atoms with Gasteiger partial charge < -0.3 is 14.7 Å². The maximum atomic E-state index is 11.0. The van der Waals surface area contributed by atoms with Gasteiger partial charge in [-0.3, -0.25) is 10.1 Å². The molecule has 1 aromatic carbocycles. The molecule has 0 saturated carbocycles. The van der Waals surface area contributed by atoms with Gasteiger partial charge in [0.25, 0.3) is 5.69 Å². The second kappa shape index (κ2) is 7.31. The van der Waals surface area contributed by atoms with Crippen LogP contribution in [0, 0.1) is 21.4 Å². The van der Waals surface area contributed by atoms with E-state index in [-0.39, 0.29) is 18.8 Å². The van der Waals surface area contributed by atoms with Crippen molar-refractivity contribution in [3.05, 3.63) is 33.9 Å². The SMILES string of the molecule is COCCN(CCO)c1cc(C#N)ccc1[N+](=O)[O-]. The Bertz CT molecular complexity index is 484. The molecule has 0 aliphatic rings. The molecular formula is C12H15N3O4. The highest BCUT2D eigenvalue weighted by Gasteiger charge is 2.19. The second-order valence-corrected chi connectivity index (χ2v) is 3.78. The van der Waals surface area contributed by atoms with Crippen molar-refractivity contribution in [2.24, 2.45) is 0 Å². The van der Waals surface area contributed by atoms with Crippen molar-refractivity contribution in [1.82, 2.24) is 0 Å². The van der Waals surface area contributed by atoms with Crippen molar-refractivity contribution in [3.8, 4) is 6.07 Å². The zero-order chi connectivity index (χ0) is 14.3. The maximum Gasteiger partial charge on any atom is 0.292 e. The second-order valence-electron chi connectivity index (χ2n) is 3.78. The Morgan fingerprint density at radius 1 is 1.53 bits per heavy atom. The van der Waals surface area contributed by atoms with Crippen molar-refractivity contribution in [2.45, 2.75) is 0 Å². The lowest BCUT2D eigenvalue weighted by atomic mass is 10.1. The van der Waals surface area contributed by atoms with E-state index in [1.165, 1.54) is 25.3 Å². The van der Waals surface area contributed by atoms with E-state index in [4.69, 9.17) is 15.1 Å². The molecule has 1 rings (SSSR count). The van der Waals surface area contributed by atoms with Gasteiger partial charge in [0.05, 0.1) is 29.8 Å². The van der Waals surface area contributed by atoms with Crippen LogP contribution in [0.15, 0.2) is 18.2 Å². The molecule has 0 amide bonds. The Balaban J connectivity index is 3.17. The third-order valence-electron chi connectivity index (χ3n) is 2.58. The Hall–Kier alpha value is -2.17. The van der Waals surface area contributed by atoms with Crippen LogP contribution in [0.25, 0.3) is 0 Å². The number of anilines is 1. The number of nitrogens with zero attached hydrogens (tertiary/aromatic N) is 3. The highest BCUT2D eigenvalue weighted by Crippen LogP contribution is 2.28. The smallest absolute Gasteiger partial charge is 0.292 e. The number of rotatable bonds is 7. The summed E-state index contributed by atoms with van der Waals surface area (Å²) in [6.45, 7) is 0.859. The van der Waals surface area contributed by atoms with E-state index in [2.05, 4.69) is 0 Å². The van der Waals surface area contributed by atoms with Crippen molar-refractivity contribution < 1.29 is 14.8 Å². The van der Waals surface area contributed by atoms with Crippen LogP contribution in [0.1, 0.15) is 5.56 Å². The molecule has 0 bridgehead atoms. The average molecular weight is 265 g/mol. The Labute approximate surface area is 110 Å². The normalized spacial score (nSPS) is 9.95. The summed E-state index contributed by atoms with van der Waals surface area (Å²) < 4.78 is 4.94. The molecule has 0 spiro atoms. The van der Waals surface area contributed by atoms with E-state index in [0.717, 1.165) is 0 Å². The van der Waals surface area contributed by atoms with Crippen molar-refractivity contribution >= 4 is 11.4 Å². The molecule has 0 unspecified atom stereocenters. The standard InChI is InChI=1S/C12H15N3O4/c1-19-7-5-14(4-6-16)12-8-10(9-13)2-3-11(12)15(17)18/h2-3,8,16H,4-7H2,1H3. The third-order valence-corrected chi connectivity index (χ3v) is 2.58. The molecule has 0 aliphatic carbocycles. The van der Waals surface area contributed by atoms with Crippen molar-refractivity contribution in [1.29, 1.82) is 5.26 Å². The lowest BCUT2D eigenvalue weighted by Crippen LogP contribution is -2.30. The van der Waals surface area contributed by atoms with Crippen molar-refractivity contribution in [2.75, 3.05) is 38.3 Å². The monoisotopic (exact) mass is 265 g/mol. The number of aliphatic hydroxyl groups is 1. The molecule has 0 atom stereocenters. The van der Waals surface area contributed by atoms with Gasteiger partial charge in [0.1, 0.15) is 5.69 Å². The number of aliphatic hydroxyl groups excluding tert-OH is 1. The van der Waals surface area contributed by atoms with Gasteiger partial charge in [0, 0.05) is 26.3 Å². The maximum absolute atomic E-state index is 11.0. The zero-order valence-corrected chi connectivity index (χ0v) is 10.6. The number of benzene rings is 1. The number of methoxy groups -OCH3 is 1. The van der Waals surface area contributed by atoms with Gasteiger partial charge in [-0.2, -0.15) is 5.26 Å². The molecule has 0 radical (unpaired) electrons. The summed E-state index contributed by atoms with van der Waals surface area (Å²) >= 11 is 0. The number of hydrogen-bond donors (Lipinski definition) is 1. The van der Waals surface area contributed by atoms with Crippen LogP contribution in [0.3, 0.4) is 0 Å². The van der Waals surface area contributed by atoms with Gasteiger partial charge in [0.2, 0.25) is 0 Å². The van der Waals surface area contributed by atoms with Crippen LogP contribution in [-0.2, 0) is 4.74 Å². The minimum Gasteiger partial charge on any atom is -0.395 e. The summed E-state index contributed by atoms with van der Waals surface area (Å²) in [7, 11) is 1.53. The molecule has 102 valence electrons. The van der Waals surface area contributed by atoms with Crippen LogP contribution >= 0.6 is 0 Å². The average Bonchev–Trinajstić information content (AvgIpc) is 2.42. The minimum atomic E-state index is -0.506. The summed E-state index contributed by atoms with van der Waals surface area (Å²) in [6, 6.07) is 6.09. The van der Waals surface area contributed by atoms with Crippen LogP contribution in [0.5, 0.6) is 0 Å². The number of nitro benzene ring substituents is 1. The molecule has 19 heavy (non-hydrogen) atoms. The number of nitriles is 1. The summed E-state index contributed by atoms with van der Waals surface area (Å²) in [5.74, 6) is 0. The topological polar surface area (TPSA) is 99.6 Å². The fourth-order valence-corrected chi connectivity index (χ4v) is 1.68. The Kier molecular flexibility index (Phi) is 5.73. The predicted molar refractivity (Wildman–Crippen MR) is 69.0 cm³/mol. The van der Waals surface area contributed by atoms with Crippen LogP contribution in [0.4, 0.5) is 11.4 Å². The first kappa shape index (κ1) is 14.9. The summed E-state index contributed by atoms with van der Waals surface area (Å²) in [6.07, 6.45) is 0. The third kappa shape index (κ3) is 3.91. The van der Waals surface area contributed by atoms with E-state index in [0.29, 0.717) is 24.4 Å². The fourth-order valence-electron chi connectivity index (χ4n) is 1.68. The van der Waals surface area contributed by atoms with Gasteiger partial charge in [-0.15, -0.1) is 0 Å². The molecule has 7 heteroatoms. The molecular weight excluding hydrogens is 250 g/mol. The Morgan fingerprint density at radius 3 is 2.79 bits per heavy atom. The van der Waals surface area contributed by atoms with E-state index in [1.54, 1.807) is 4.90 Å². The van der Waals surface area contributed by atoms with Gasteiger partial charge in [0.15, 0.2) is 0 Å². The van der Waals surface area contributed by atoms with E-state index < -0.39 is 4.92 Å². The number of ether oxygens (including phenoxy) is 1. The van der Waals surface area contributed by atoms with E-state index in [9.17, 15) is 10.1 Å². The van der Waals surface area contributed by atoms with Gasteiger partial charge in [-0.05, 0) is 12.1 Å². The summed E-state index contributed by atoms with van der Waals surface area (Å²) in [5, 5.41) is 28.9. The first-order chi connectivity index (χ1) is 9.13. The zero-order valence-electron chi connectivity index (χ0n) is 10.6. The minimum absolute atomic E-state index is 0.0939. The highest BCUT2D eigenvalue weighted by molar-refractivity contribution is 5.66. The fraction of sp³-hybridized carbons (Fsp3) is 0.417. The van der Waals surface area contributed by atoms with Crippen LogP contribution in [0.2, 0.25) is 0 Å². The number of nitro groups is 1. The van der Waals surface area contributed by atoms with Crippen LogP contribution < -0.4 is 4.90 Å². The first-order valence-electron chi connectivity index (χ1n) is 5.67. The molecule has 0 saturated heterocycles. The molecule has 1 aromatic rings. The highest BCUT2D eigenvalue weighted by atomic mass is 16.6. The van der Waals surface area contributed by atoms with Gasteiger partial charge >= 0.3 is 0 Å². The van der Waals surface area contributed by atoms with Crippen molar-refractivity contribution in [3.63, 3.8) is 0 Å². The predicted octanol–water partition coefficient (Wildman–Crippen LogP) is 0.912. The lowest BCUT2D eigenvalue weighted by molar-refractivity contribution is -0.384. The molecule has 1 N–H and O–H groups in total. The largest absolute Gasteiger partial charge is 0.395 e. The van der Waals surface area contributed by atoms with E-state index >= 15 is 0 Å². The summed E-state index contributed by atoms with van der Waals surface area (Å²) in [4.78, 5) is 12.1. The number of hydrogen-bond acceptors (Lipinski definition) is 6.